The molecule has 0 spiro atoms. The number of ether oxygens (including phenoxy) is 4. The second-order valence-corrected chi connectivity index (χ2v) is 6.42. The molecule has 0 aliphatic carbocycles. The fourth-order valence-electron chi connectivity index (χ4n) is 2.57. The smallest absolute Gasteiger partial charge is 0.307 e. The van der Waals surface area contributed by atoms with Gasteiger partial charge in [0, 0.05) is 6.92 Å². The Bertz CT molecular complexity index is 1060. The summed E-state index contributed by atoms with van der Waals surface area (Å²) in [6.07, 6.45) is 6.39. The van der Waals surface area contributed by atoms with Gasteiger partial charge in [-0.15, -0.1) is 0 Å². The predicted octanol–water partition coefficient (Wildman–Crippen LogP) is 4.02. The van der Waals surface area contributed by atoms with Crippen LogP contribution < -0.4 is 14.2 Å². The monoisotopic (exact) mass is 436 g/mol. The first kappa shape index (κ1) is 24.1. The van der Waals surface area contributed by atoms with Gasteiger partial charge < -0.3 is 18.9 Å². The number of rotatable bonds is 10. The molecular weight excluding hydrogens is 412 g/mol. The number of allylic oxidation sites excluding steroid dienone is 3. The highest BCUT2D eigenvalue weighted by Gasteiger charge is 2.15. The summed E-state index contributed by atoms with van der Waals surface area (Å²) in [5.74, 6) is -0.151. The summed E-state index contributed by atoms with van der Waals surface area (Å²) < 4.78 is 20.3. The molecule has 0 N–H and O–H groups in total. The van der Waals surface area contributed by atoms with E-state index in [9.17, 15) is 14.4 Å². The van der Waals surface area contributed by atoms with E-state index in [0.29, 0.717) is 22.8 Å². The normalized spacial score (nSPS) is 11.4. The van der Waals surface area contributed by atoms with Gasteiger partial charge in [-0.1, -0.05) is 30.4 Å². The van der Waals surface area contributed by atoms with Gasteiger partial charge in [0.15, 0.2) is 23.1 Å². The van der Waals surface area contributed by atoms with Gasteiger partial charge in [-0.2, -0.15) is 0 Å². The first-order valence-electron chi connectivity index (χ1n) is 9.56. The van der Waals surface area contributed by atoms with Crippen LogP contribution in [0.25, 0.3) is 12.2 Å². The van der Waals surface area contributed by atoms with Gasteiger partial charge in [0.05, 0.1) is 21.3 Å². The highest BCUT2D eigenvalue weighted by atomic mass is 16.5. The van der Waals surface area contributed by atoms with Crippen molar-refractivity contribution in [1.29, 1.82) is 0 Å². The number of benzene rings is 2. The van der Waals surface area contributed by atoms with E-state index >= 15 is 0 Å². The van der Waals surface area contributed by atoms with Gasteiger partial charge in [-0.3, -0.25) is 14.4 Å². The number of hydrogen-bond donors (Lipinski definition) is 0. The third-order valence-electron chi connectivity index (χ3n) is 4.25. The van der Waals surface area contributed by atoms with Crippen molar-refractivity contribution in [2.24, 2.45) is 0 Å². The van der Waals surface area contributed by atoms with Crippen molar-refractivity contribution in [1.82, 2.24) is 0 Å². The summed E-state index contributed by atoms with van der Waals surface area (Å²) >= 11 is 0. The minimum absolute atomic E-state index is 0.290. The van der Waals surface area contributed by atoms with Crippen LogP contribution in [-0.2, 0) is 19.1 Å². The summed E-state index contributed by atoms with van der Waals surface area (Å²) in [5.41, 5.74) is 1.10. The molecule has 0 aromatic heterocycles. The lowest BCUT2D eigenvalue weighted by molar-refractivity contribution is -0.135. The van der Waals surface area contributed by atoms with E-state index in [1.807, 2.05) is 0 Å². The first-order valence-corrected chi connectivity index (χ1v) is 9.56. The van der Waals surface area contributed by atoms with Crippen molar-refractivity contribution in [3.8, 4) is 17.2 Å². The minimum Gasteiger partial charge on any atom is -0.497 e. The predicted molar refractivity (Wildman–Crippen MR) is 120 cm³/mol. The van der Waals surface area contributed by atoms with Crippen molar-refractivity contribution in [3.05, 3.63) is 77.6 Å². The summed E-state index contributed by atoms with van der Waals surface area (Å²) in [7, 11) is 4.58. The van der Waals surface area contributed by atoms with Crippen molar-refractivity contribution < 1.29 is 33.3 Å². The third-order valence-corrected chi connectivity index (χ3v) is 4.25. The average molecular weight is 436 g/mol. The molecule has 0 unspecified atom stereocenters. The SMILES string of the molecule is COc1ccc(/C=C/C(=O)/C(=C\OC(C)=O)C(=O)/C=C/c2ccc(OC)c(OC)c2)cc1. The maximum absolute atomic E-state index is 12.7. The molecule has 2 aromatic carbocycles. The maximum Gasteiger partial charge on any atom is 0.307 e. The maximum atomic E-state index is 12.7. The number of methoxy groups -OCH3 is 3. The lowest BCUT2D eigenvalue weighted by atomic mass is 10.0. The van der Waals surface area contributed by atoms with Gasteiger partial charge in [0.25, 0.3) is 0 Å². The highest BCUT2D eigenvalue weighted by Crippen LogP contribution is 2.28. The molecule has 0 radical (unpaired) electrons. The largest absolute Gasteiger partial charge is 0.497 e. The van der Waals surface area contributed by atoms with Crippen LogP contribution in [0.2, 0.25) is 0 Å². The zero-order chi connectivity index (χ0) is 23.5. The molecule has 0 aliphatic rings. The van der Waals surface area contributed by atoms with Crippen LogP contribution in [0.15, 0.2) is 66.5 Å². The number of esters is 1. The van der Waals surface area contributed by atoms with E-state index in [1.54, 1.807) is 55.7 Å². The molecule has 7 heteroatoms. The summed E-state index contributed by atoms with van der Waals surface area (Å²) in [4.78, 5) is 36.5. The lowest BCUT2D eigenvalue weighted by Gasteiger charge is -2.07. The van der Waals surface area contributed by atoms with E-state index in [1.165, 1.54) is 39.4 Å². The molecule has 0 amide bonds. The molecule has 0 fully saturated rings. The number of carbonyl (C=O) groups excluding carboxylic acids is 3. The van der Waals surface area contributed by atoms with E-state index in [2.05, 4.69) is 0 Å². The van der Waals surface area contributed by atoms with Crippen LogP contribution in [0.4, 0.5) is 0 Å². The Labute approximate surface area is 186 Å². The molecule has 0 aliphatic heterocycles. The second kappa shape index (κ2) is 11.9. The van der Waals surface area contributed by atoms with Crippen molar-refractivity contribution >= 4 is 29.7 Å². The Morgan fingerprint density at radius 1 is 0.719 bits per heavy atom. The van der Waals surface area contributed by atoms with Crippen LogP contribution >= 0.6 is 0 Å². The number of hydrogen-bond acceptors (Lipinski definition) is 7. The van der Waals surface area contributed by atoms with E-state index in [-0.39, 0.29) is 5.57 Å². The standard InChI is InChI=1S/C25H24O7/c1-17(26)32-16-21(22(27)12-7-18-5-10-20(29-2)11-6-18)23(28)13-8-19-9-14-24(30-3)25(15-19)31-4/h5-16H,1-4H3/b12-7+,13-8+,21-16+. The van der Waals surface area contributed by atoms with Gasteiger partial charge in [-0.25, -0.2) is 0 Å². The lowest BCUT2D eigenvalue weighted by Crippen LogP contribution is -2.10. The first-order chi connectivity index (χ1) is 15.4. The van der Waals surface area contributed by atoms with Crippen LogP contribution in [0.1, 0.15) is 18.1 Å². The Morgan fingerprint density at radius 2 is 1.28 bits per heavy atom. The molecule has 7 nitrogen and oxygen atoms in total. The van der Waals surface area contributed by atoms with Crippen LogP contribution in [0, 0.1) is 0 Å². The molecule has 0 atom stereocenters. The fourth-order valence-corrected chi connectivity index (χ4v) is 2.57. The van der Waals surface area contributed by atoms with Gasteiger partial charge in [0.1, 0.15) is 17.6 Å². The number of carbonyl (C=O) groups is 3. The molecule has 0 heterocycles. The summed E-state index contributed by atoms with van der Waals surface area (Å²) in [6, 6.07) is 12.1. The zero-order valence-corrected chi connectivity index (χ0v) is 18.3. The molecule has 32 heavy (non-hydrogen) atoms. The van der Waals surface area contributed by atoms with Crippen molar-refractivity contribution in [3.63, 3.8) is 0 Å². The molecule has 0 bridgehead atoms. The molecular formula is C25H24O7. The van der Waals surface area contributed by atoms with Crippen molar-refractivity contribution in [2.75, 3.05) is 21.3 Å². The van der Waals surface area contributed by atoms with E-state index in [0.717, 1.165) is 11.8 Å². The van der Waals surface area contributed by atoms with Gasteiger partial charge in [-0.05, 0) is 47.5 Å². The number of ketones is 2. The van der Waals surface area contributed by atoms with Gasteiger partial charge in [0.2, 0.25) is 0 Å². The molecule has 166 valence electrons. The van der Waals surface area contributed by atoms with Crippen LogP contribution in [0.3, 0.4) is 0 Å². The molecule has 0 saturated heterocycles. The van der Waals surface area contributed by atoms with E-state index < -0.39 is 17.5 Å². The molecule has 0 saturated carbocycles. The van der Waals surface area contributed by atoms with Crippen molar-refractivity contribution in [2.45, 2.75) is 6.92 Å². The van der Waals surface area contributed by atoms with Crippen LogP contribution in [0.5, 0.6) is 17.2 Å². The molecule has 2 aromatic rings. The minimum atomic E-state index is -0.647. The topological polar surface area (TPSA) is 88.1 Å². The Morgan fingerprint density at radius 3 is 1.81 bits per heavy atom. The third kappa shape index (κ3) is 6.98. The Hall–Kier alpha value is -4.13. The van der Waals surface area contributed by atoms with Gasteiger partial charge >= 0.3 is 5.97 Å². The second-order valence-electron chi connectivity index (χ2n) is 6.42. The highest BCUT2D eigenvalue weighted by molar-refractivity contribution is 6.28. The Kier molecular flexibility index (Phi) is 8.98. The average Bonchev–Trinajstić information content (AvgIpc) is 2.81. The fraction of sp³-hybridized carbons (Fsp3) is 0.160. The molecule has 2 rings (SSSR count). The quantitative estimate of drug-likeness (QED) is 0.183. The Balaban J connectivity index is 2.23. The van der Waals surface area contributed by atoms with E-state index in [4.69, 9.17) is 18.9 Å². The zero-order valence-electron chi connectivity index (χ0n) is 18.3. The summed E-state index contributed by atoms with van der Waals surface area (Å²) in [5, 5.41) is 0. The summed E-state index contributed by atoms with van der Waals surface area (Å²) in [6.45, 7) is 1.18. The van der Waals surface area contributed by atoms with Crippen LogP contribution in [-0.4, -0.2) is 38.9 Å².